The van der Waals surface area contributed by atoms with Crippen LogP contribution in [0, 0.1) is 0 Å². The normalized spacial score (nSPS) is 11.6. The largest absolute Gasteiger partial charge is 0.494 e. The molecule has 0 saturated carbocycles. The van der Waals surface area contributed by atoms with Gasteiger partial charge in [0.15, 0.2) is 11.3 Å². The minimum Gasteiger partial charge on any atom is -0.494 e. The molecule has 0 N–H and O–H groups in total. The van der Waals surface area contributed by atoms with Crippen molar-refractivity contribution in [3.05, 3.63) is 42.5 Å². The Hall–Kier alpha value is -2.20. The highest BCUT2D eigenvalue weighted by Gasteiger charge is 2.18. The lowest BCUT2D eigenvalue weighted by Gasteiger charge is -2.08. The number of hydrogen-bond acceptors (Lipinski definition) is 3. The Bertz CT molecular complexity index is 1120. The first-order valence-corrected chi connectivity index (χ1v) is 18.2. The summed E-state index contributed by atoms with van der Waals surface area (Å²) < 4.78 is 13.9. The van der Waals surface area contributed by atoms with Crippen LogP contribution in [0.4, 0.5) is 0 Å². The molecular formula is C39H63N2O2+. The molecule has 0 saturated heterocycles. The molecule has 0 bridgehead atoms. The topological polar surface area (TPSA) is 35.2 Å². The van der Waals surface area contributed by atoms with Crippen LogP contribution >= 0.6 is 0 Å². The molecule has 0 amide bonds. The molecule has 0 aliphatic heterocycles. The Labute approximate surface area is 264 Å². The zero-order valence-corrected chi connectivity index (χ0v) is 27.9. The number of nitrogens with zero attached hydrogens (tertiary/aromatic N) is 2. The summed E-state index contributed by atoms with van der Waals surface area (Å²) in [4.78, 5) is 4.90. The van der Waals surface area contributed by atoms with Crippen molar-refractivity contribution in [2.75, 3.05) is 20.3 Å². The van der Waals surface area contributed by atoms with Crippen LogP contribution in [0.2, 0.25) is 0 Å². The van der Waals surface area contributed by atoms with Gasteiger partial charge in [-0.15, -0.1) is 0 Å². The summed E-state index contributed by atoms with van der Waals surface area (Å²) in [5, 5.41) is 0. The van der Waals surface area contributed by atoms with Crippen molar-refractivity contribution in [2.45, 2.75) is 155 Å². The fraction of sp³-hybridized carbons (Fsp3) is 0.692. The lowest BCUT2D eigenvalue weighted by molar-refractivity contribution is -0.646. The average Bonchev–Trinajstić information content (AvgIpc) is 3.04. The molecule has 0 aliphatic rings. The smallest absolute Gasteiger partial charge is 0.235 e. The van der Waals surface area contributed by atoms with Crippen molar-refractivity contribution < 1.29 is 14.0 Å². The summed E-state index contributed by atoms with van der Waals surface area (Å²) >= 11 is 0. The average molecular weight is 592 g/mol. The summed E-state index contributed by atoms with van der Waals surface area (Å²) in [5.41, 5.74) is 4.35. The maximum absolute atomic E-state index is 5.89. The van der Waals surface area contributed by atoms with Crippen LogP contribution in [0.3, 0.4) is 0 Å². The molecule has 4 heteroatoms. The van der Waals surface area contributed by atoms with Crippen LogP contribution in [-0.2, 0) is 11.3 Å². The number of aromatic nitrogens is 2. The van der Waals surface area contributed by atoms with Crippen molar-refractivity contribution in [2.24, 2.45) is 0 Å². The summed E-state index contributed by atoms with van der Waals surface area (Å²) in [7, 11) is 1.73. The molecule has 1 aromatic heterocycles. The monoisotopic (exact) mass is 591 g/mol. The van der Waals surface area contributed by atoms with Gasteiger partial charge in [-0.2, -0.15) is 4.57 Å². The van der Waals surface area contributed by atoms with Crippen molar-refractivity contribution in [3.8, 4) is 5.75 Å². The molecule has 2 aromatic carbocycles. The molecular weight excluding hydrogens is 528 g/mol. The van der Waals surface area contributed by atoms with Gasteiger partial charge in [0.05, 0.1) is 7.11 Å². The highest BCUT2D eigenvalue weighted by Crippen LogP contribution is 2.24. The van der Waals surface area contributed by atoms with Crippen molar-refractivity contribution in [1.82, 2.24) is 4.98 Å². The van der Waals surface area contributed by atoms with E-state index >= 15 is 0 Å². The Morgan fingerprint density at radius 1 is 0.535 bits per heavy atom. The van der Waals surface area contributed by atoms with Gasteiger partial charge >= 0.3 is 0 Å². The molecule has 1 heterocycles. The van der Waals surface area contributed by atoms with Gasteiger partial charge in [-0.25, -0.2) is 4.98 Å². The predicted molar refractivity (Wildman–Crippen MR) is 184 cm³/mol. The van der Waals surface area contributed by atoms with Gasteiger partial charge in [-0.1, -0.05) is 141 Å². The first-order valence-electron chi connectivity index (χ1n) is 18.2. The lowest BCUT2D eigenvalue weighted by Crippen LogP contribution is -2.36. The van der Waals surface area contributed by atoms with E-state index in [-0.39, 0.29) is 0 Å². The van der Waals surface area contributed by atoms with Crippen LogP contribution < -0.4 is 9.30 Å². The van der Waals surface area contributed by atoms with Crippen LogP contribution in [0.25, 0.3) is 22.1 Å². The van der Waals surface area contributed by atoms with E-state index in [2.05, 4.69) is 47.9 Å². The number of ether oxygens (including phenoxy) is 2. The number of rotatable bonds is 27. The van der Waals surface area contributed by atoms with Gasteiger partial charge in [0.1, 0.15) is 12.1 Å². The Kier molecular flexibility index (Phi) is 19.0. The second kappa shape index (κ2) is 23.2. The number of aryl methyl sites for hydroxylation is 1. The maximum Gasteiger partial charge on any atom is 0.235 e. The molecule has 0 spiro atoms. The zero-order valence-electron chi connectivity index (χ0n) is 27.9. The van der Waals surface area contributed by atoms with E-state index in [1.165, 1.54) is 147 Å². The molecule has 0 radical (unpaired) electrons. The second-order valence-corrected chi connectivity index (χ2v) is 12.6. The summed E-state index contributed by atoms with van der Waals surface area (Å²) in [6.07, 6.45) is 30.1. The standard InChI is InChI=1S/C39H63N2O2/c1-3-4-5-6-7-8-9-11-14-17-20-25-33-43-34-26-21-18-15-12-10-13-16-19-24-32-41-36-29-23-22-28-35(36)40-39-37(41)30-27-31-38(39)42-2/h22-23,27-31H,3-21,24-26,32-34H2,1-2H3/q+1. The number of fused-ring (bicyclic) bond motifs is 2. The van der Waals surface area contributed by atoms with Crippen molar-refractivity contribution in [1.29, 1.82) is 0 Å². The Morgan fingerprint density at radius 2 is 1.02 bits per heavy atom. The Balaban J connectivity index is 1.10. The van der Waals surface area contributed by atoms with Gasteiger partial charge in [0, 0.05) is 31.8 Å². The fourth-order valence-corrected chi connectivity index (χ4v) is 6.32. The highest BCUT2D eigenvalue weighted by atomic mass is 16.5. The van der Waals surface area contributed by atoms with Crippen LogP contribution in [0.1, 0.15) is 148 Å². The maximum atomic E-state index is 5.89. The first-order chi connectivity index (χ1) is 21.3. The molecule has 240 valence electrons. The van der Waals surface area contributed by atoms with Crippen molar-refractivity contribution >= 4 is 22.1 Å². The van der Waals surface area contributed by atoms with E-state index in [1.54, 1.807) is 7.11 Å². The van der Waals surface area contributed by atoms with Gasteiger partial charge in [0.2, 0.25) is 11.0 Å². The van der Waals surface area contributed by atoms with Gasteiger partial charge in [0.25, 0.3) is 0 Å². The van der Waals surface area contributed by atoms with Crippen LogP contribution in [0.5, 0.6) is 5.75 Å². The number of methoxy groups -OCH3 is 1. The number of para-hydroxylation sites is 3. The third kappa shape index (κ3) is 14.0. The quantitative estimate of drug-likeness (QED) is 0.0502. The highest BCUT2D eigenvalue weighted by molar-refractivity contribution is 5.85. The number of hydrogen-bond donors (Lipinski definition) is 0. The second-order valence-electron chi connectivity index (χ2n) is 12.6. The van der Waals surface area contributed by atoms with E-state index < -0.39 is 0 Å². The summed E-state index contributed by atoms with van der Waals surface area (Å²) in [5.74, 6) is 0.847. The molecule has 4 nitrogen and oxygen atoms in total. The fourth-order valence-electron chi connectivity index (χ4n) is 6.32. The predicted octanol–water partition coefficient (Wildman–Crippen LogP) is 11.3. The Morgan fingerprint density at radius 3 is 1.58 bits per heavy atom. The third-order valence-corrected chi connectivity index (χ3v) is 8.96. The molecule has 3 rings (SSSR count). The third-order valence-electron chi connectivity index (χ3n) is 8.96. The summed E-state index contributed by atoms with van der Waals surface area (Å²) in [6, 6.07) is 14.7. The van der Waals surface area contributed by atoms with Crippen molar-refractivity contribution in [3.63, 3.8) is 0 Å². The molecule has 0 unspecified atom stereocenters. The molecule has 43 heavy (non-hydrogen) atoms. The van der Waals surface area contributed by atoms with E-state index in [0.717, 1.165) is 42.1 Å². The zero-order chi connectivity index (χ0) is 30.2. The number of unbranched alkanes of at least 4 members (excludes halogenated alkanes) is 20. The van der Waals surface area contributed by atoms with E-state index in [1.807, 2.05) is 6.07 Å². The SMILES string of the molecule is CCCCCCCCCCCCCCOCCCCCCCCCCCC[n+]1c2ccccc2nc2c(OC)cccc21. The first kappa shape index (κ1) is 35.3. The van der Waals surface area contributed by atoms with Gasteiger partial charge in [-0.3, -0.25) is 0 Å². The molecule has 0 fully saturated rings. The van der Waals surface area contributed by atoms with E-state index in [9.17, 15) is 0 Å². The lowest BCUT2D eigenvalue weighted by atomic mass is 10.1. The molecule has 0 atom stereocenters. The van der Waals surface area contributed by atoms with Gasteiger partial charge < -0.3 is 9.47 Å². The van der Waals surface area contributed by atoms with Crippen LogP contribution in [0.15, 0.2) is 42.5 Å². The van der Waals surface area contributed by atoms with Crippen LogP contribution in [-0.4, -0.2) is 25.3 Å². The minimum atomic E-state index is 0.847. The minimum absolute atomic E-state index is 0.847. The number of benzene rings is 2. The van der Waals surface area contributed by atoms with E-state index in [4.69, 9.17) is 14.5 Å². The van der Waals surface area contributed by atoms with E-state index in [0.29, 0.717) is 0 Å². The molecule has 3 aromatic rings. The summed E-state index contributed by atoms with van der Waals surface area (Å²) in [6.45, 7) is 5.25. The molecule has 0 aliphatic carbocycles. The van der Waals surface area contributed by atoms with Gasteiger partial charge in [-0.05, 0) is 31.4 Å².